The fourth-order valence-electron chi connectivity index (χ4n) is 2.99. The molecule has 1 aliphatic rings. The van der Waals surface area contributed by atoms with Crippen molar-refractivity contribution in [2.24, 2.45) is 10.9 Å². The molecule has 0 saturated carbocycles. The molecule has 0 aliphatic carbocycles. The van der Waals surface area contributed by atoms with Crippen molar-refractivity contribution < 1.29 is 4.79 Å². The number of amides is 1. The van der Waals surface area contributed by atoms with Gasteiger partial charge in [0.1, 0.15) is 0 Å². The summed E-state index contributed by atoms with van der Waals surface area (Å²) < 4.78 is 1.94. The molecule has 0 bridgehead atoms. The third-order valence-electron chi connectivity index (χ3n) is 4.37. The van der Waals surface area contributed by atoms with Crippen LogP contribution in [0.3, 0.4) is 0 Å². The van der Waals surface area contributed by atoms with Crippen LogP contribution in [0.4, 0.5) is 0 Å². The number of hydrogen-bond acceptors (Lipinski definition) is 3. The molecule has 8 heteroatoms. The fourth-order valence-corrected chi connectivity index (χ4v) is 2.99. The lowest BCUT2D eigenvalue weighted by Gasteiger charge is -2.34. The zero-order chi connectivity index (χ0) is 17.2. The van der Waals surface area contributed by atoms with Gasteiger partial charge in [0.25, 0.3) is 0 Å². The number of aliphatic imine (C=N–C) groups is 1. The van der Waals surface area contributed by atoms with Crippen LogP contribution >= 0.6 is 24.0 Å². The standard InChI is InChI=1S/C17H30N6O.HI/c1-3-19-17(20-8-4-10-23-11-5-9-21-23)22-12-6-15(7-13-22)14-16(24)18-2;/h5,9,11,15H,3-4,6-8,10,12-14H2,1-2H3,(H,18,24)(H,19,20);1H. The molecule has 1 aromatic rings. The molecule has 2 N–H and O–H groups in total. The second-order valence-electron chi connectivity index (χ2n) is 6.17. The van der Waals surface area contributed by atoms with Crippen molar-refractivity contribution >= 4 is 35.8 Å². The first-order chi connectivity index (χ1) is 11.7. The van der Waals surface area contributed by atoms with E-state index in [1.165, 1.54) is 0 Å². The van der Waals surface area contributed by atoms with Gasteiger partial charge in [-0.25, -0.2) is 0 Å². The van der Waals surface area contributed by atoms with Crippen molar-refractivity contribution in [3.05, 3.63) is 18.5 Å². The highest BCUT2D eigenvalue weighted by atomic mass is 127. The first kappa shape index (κ1) is 21.7. The van der Waals surface area contributed by atoms with Crippen LogP contribution < -0.4 is 10.6 Å². The molecule has 142 valence electrons. The van der Waals surface area contributed by atoms with Crippen LogP contribution in [0.25, 0.3) is 0 Å². The SMILES string of the molecule is CCNC(=NCCCn1cccn1)N1CCC(CC(=O)NC)CC1.I. The minimum absolute atomic E-state index is 0. The van der Waals surface area contributed by atoms with E-state index in [-0.39, 0.29) is 29.9 Å². The third-order valence-corrected chi connectivity index (χ3v) is 4.37. The average molecular weight is 462 g/mol. The van der Waals surface area contributed by atoms with Crippen LogP contribution in [0.5, 0.6) is 0 Å². The molecule has 1 amide bonds. The summed E-state index contributed by atoms with van der Waals surface area (Å²) >= 11 is 0. The Bertz CT molecular complexity index is 511. The van der Waals surface area contributed by atoms with Gasteiger partial charge < -0.3 is 15.5 Å². The highest BCUT2D eigenvalue weighted by Gasteiger charge is 2.22. The van der Waals surface area contributed by atoms with Crippen molar-refractivity contribution in [1.29, 1.82) is 0 Å². The van der Waals surface area contributed by atoms with Crippen LogP contribution in [0.2, 0.25) is 0 Å². The molecule has 0 radical (unpaired) electrons. The molecular weight excluding hydrogens is 431 g/mol. The predicted octanol–water partition coefficient (Wildman–Crippen LogP) is 1.70. The highest BCUT2D eigenvalue weighted by molar-refractivity contribution is 14.0. The molecule has 1 aliphatic heterocycles. The van der Waals surface area contributed by atoms with E-state index in [2.05, 4.69) is 27.6 Å². The Morgan fingerprint density at radius 1 is 1.36 bits per heavy atom. The van der Waals surface area contributed by atoms with Gasteiger partial charge in [0.15, 0.2) is 5.96 Å². The summed E-state index contributed by atoms with van der Waals surface area (Å²) in [5.74, 6) is 1.63. The van der Waals surface area contributed by atoms with E-state index >= 15 is 0 Å². The molecule has 0 unspecified atom stereocenters. The number of carbonyl (C=O) groups excluding carboxylic acids is 1. The van der Waals surface area contributed by atoms with Gasteiger partial charge in [-0.05, 0) is 38.2 Å². The van der Waals surface area contributed by atoms with Crippen molar-refractivity contribution in [3.8, 4) is 0 Å². The lowest BCUT2D eigenvalue weighted by molar-refractivity contribution is -0.121. The second kappa shape index (κ2) is 12.1. The first-order valence-corrected chi connectivity index (χ1v) is 8.94. The van der Waals surface area contributed by atoms with Gasteiger partial charge in [-0.15, -0.1) is 24.0 Å². The van der Waals surface area contributed by atoms with E-state index < -0.39 is 0 Å². The van der Waals surface area contributed by atoms with E-state index in [0.29, 0.717) is 12.3 Å². The van der Waals surface area contributed by atoms with Crippen LogP contribution in [0, 0.1) is 5.92 Å². The largest absolute Gasteiger partial charge is 0.359 e. The minimum atomic E-state index is 0. The van der Waals surface area contributed by atoms with Crippen LogP contribution in [0.15, 0.2) is 23.5 Å². The van der Waals surface area contributed by atoms with Gasteiger partial charge >= 0.3 is 0 Å². The summed E-state index contributed by atoms with van der Waals surface area (Å²) in [6, 6.07) is 1.94. The number of halogens is 1. The molecule has 2 heterocycles. The maximum absolute atomic E-state index is 11.5. The van der Waals surface area contributed by atoms with E-state index in [0.717, 1.165) is 57.9 Å². The topological polar surface area (TPSA) is 74.5 Å². The Hall–Kier alpha value is -1.32. The number of carbonyl (C=O) groups is 1. The quantitative estimate of drug-likeness (QED) is 0.280. The lowest BCUT2D eigenvalue weighted by Crippen LogP contribution is -2.46. The number of aromatic nitrogens is 2. The maximum Gasteiger partial charge on any atom is 0.220 e. The van der Waals surface area contributed by atoms with Crippen molar-refractivity contribution in [1.82, 2.24) is 25.3 Å². The van der Waals surface area contributed by atoms with Gasteiger partial charge in [-0.3, -0.25) is 14.5 Å². The van der Waals surface area contributed by atoms with E-state index in [4.69, 9.17) is 4.99 Å². The molecule has 25 heavy (non-hydrogen) atoms. The molecule has 1 aromatic heterocycles. The Kier molecular flexibility index (Phi) is 10.5. The van der Waals surface area contributed by atoms with Crippen molar-refractivity contribution in [2.45, 2.75) is 39.2 Å². The number of likely N-dealkylation sites (tertiary alicyclic amines) is 1. The van der Waals surface area contributed by atoms with Crippen LogP contribution in [0.1, 0.15) is 32.6 Å². The zero-order valence-corrected chi connectivity index (χ0v) is 17.6. The number of nitrogens with zero attached hydrogens (tertiary/aromatic N) is 4. The van der Waals surface area contributed by atoms with E-state index in [9.17, 15) is 4.79 Å². The van der Waals surface area contributed by atoms with Crippen LogP contribution in [-0.4, -0.2) is 59.8 Å². The van der Waals surface area contributed by atoms with Gasteiger partial charge in [0.2, 0.25) is 5.91 Å². The van der Waals surface area contributed by atoms with Gasteiger partial charge in [0, 0.05) is 58.6 Å². The summed E-state index contributed by atoms with van der Waals surface area (Å²) in [4.78, 5) is 18.6. The van der Waals surface area contributed by atoms with Crippen molar-refractivity contribution in [2.75, 3.05) is 33.2 Å². The molecule has 7 nitrogen and oxygen atoms in total. The molecular formula is C17H31IN6O. The number of aryl methyl sites for hydroxylation is 1. The van der Waals surface area contributed by atoms with Crippen molar-refractivity contribution in [3.63, 3.8) is 0 Å². The summed E-state index contributed by atoms with van der Waals surface area (Å²) in [5, 5.41) is 10.3. The molecule has 1 fully saturated rings. The molecule has 0 atom stereocenters. The Morgan fingerprint density at radius 2 is 2.12 bits per heavy atom. The third kappa shape index (κ3) is 7.62. The highest BCUT2D eigenvalue weighted by Crippen LogP contribution is 2.20. The Morgan fingerprint density at radius 3 is 2.72 bits per heavy atom. The van der Waals surface area contributed by atoms with E-state index in [1.54, 1.807) is 13.2 Å². The van der Waals surface area contributed by atoms with Gasteiger partial charge in [-0.1, -0.05) is 0 Å². The average Bonchev–Trinajstić information content (AvgIpc) is 3.12. The summed E-state index contributed by atoms with van der Waals surface area (Å²) in [7, 11) is 1.71. The van der Waals surface area contributed by atoms with Crippen LogP contribution in [-0.2, 0) is 11.3 Å². The summed E-state index contributed by atoms with van der Waals surface area (Å²) in [5.41, 5.74) is 0. The maximum atomic E-state index is 11.5. The number of piperidine rings is 1. The Balaban J connectivity index is 0.00000312. The van der Waals surface area contributed by atoms with Gasteiger partial charge in [-0.2, -0.15) is 5.10 Å². The number of hydrogen-bond donors (Lipinski definition) is 2. The minimum Gasteiger partial charge on any atom is -0.359 e. The molecule has 0 aromatic carbocycles. The molecule has 2 rings (SSSR count). The predicted molar refractivity (Wildman–Crippen MR) is 111 cm³/mol. The lowest BCUT2D eigenvalue weighted by atomic mass is 9.93. The summed E-state index contributed by atoms with van der Waals surface area (Å²) in [6.45, 7) is 6.58. The molecule has 1 saturated heterocycles. The zero-order valence-electron chi connectivity index (χ0n) is 15.3. The fraction of sp³-hybridized carbons (Fsp3) is 0.706. The van der Waals surface area contributed by atoms with E-state index in [1.807, 2.05) is 16.9 Å². The second-order valence-corrected chi connectivity index (χ2v) is 6.17. The number of rotatable bonds is 7. The molecule has 0 spiro atoms. The van der Waals surface area contributed by atoms with Gasteiger partial charge in [0.05, 0.1) is 0 Å². The number of guanidine groups is 1. The Labute approximate surface area is 167 Å². The monoisotopic (exact) mass is 462 g/mol. The number of nitrogens with one attached hydrogen (secondary N) is 2. The normalized spacial score (nSPS) is 15.6. The first-order valence-electron chi connectivity index (χ1n) is 8.94. The summed E-state index contributed by atoms with van der Waals surface area (Å²) in [6.07, 6.45) is 7.49. The smallest absolute Gasteiger partial charge is 0.220 e.